The van der Waals surface area contributed by atoms with Crippen molar-refractivity contribution in [2.24, 2.45) is 0 Å². The zero-order valence-corrected chi connectivity index (χ0v) is 15.0. The molecule has 134 valence electrons. The Morgan fingerprint density at radius 3 is 2.84 bits per heavy atom. The number of nitrogens with one attached hydrogen (secondary N) is 2. The highest BCUT2D eigenvalue weighted by atomic mass is 35.5. The van der Waals surface area contributed by atoms with E-state index < -0.39 is 0 Å². The van der Waals surface area contributed by atoms with Crippen LogP contribution in [0.15, 0.2) is 24.4 Å². The van der Waals surface area contributed by atoms with E-state index >= 15 is 0 Å². The predicted octanol–water partition coefficient (Wildman–Crippen LogP) is 2.76. The number of hydrogen-bond donors (Lipinski definition) is 2. The third-order valence-electron chi connectivity index (χ3n) is 5.07. The number of halogens is 1. The first-order chi connectivity index (χ1) is 11.8. The molecule has 1 aromatic heterocycles. The number of amides is 1. The normalized spacial score (nSPS) is 17.4. The van der Waals surface area contributed by atoms with Crippen molar-refractivity contribution >= 4 is 24.0 Å². The Balaban J connectivity index is 0.00000182. The molecule has 0 radical (unpaired) electrons. The van der Waals surface area contributed by atoms with Crippen molar-refractivity contribution in [2.45, 2.75) is 44.6 Å². The van der Waals surface area contributed by atoms with Crippen LogP contribution in [0.25, 0.3) is 0 Å². The van der Waals surface area contributed by atoms with Gasteiger partial charge in [0.25, 0.3) is 5.91 Å². The van der Waals surface area contributed by atoms with Gasteiger partial charge in [-0.15, -0.1) is 17.5 Å². The first-order valence-corrected chi connectivity index (χ1v) is 8.86. The zero-order chi connectivity index (χ0) is 16.4. The van der Waals surface area contributed by atoms with Crippen molar-refractivity contribution in [3.05, 3.63) is 41.2 Å². The summed E-state index contributed by atoms with van der Waals surface area (Å²) in [6, 6.07) is 6.51. The average molecular weight is 362 g/mol. The quantitative estimate of drug-likeness (QED) is 0.881. The molecule has 2 heterocycles. The van der Waals surface area contributed by atoms with Gasteiger partial charge in [0, 0.05) is 5.69 Å². The van der Waals surface area contributed by atoms with Crippen LogP contribution in [-0.4, -0.2) is 34.0 Å². The van der Waals surface area contributed by atoms with E-state index in [2.05, 4.69) is 27.0 Å². The lowest BCUT2D eigenvalue weighted by molar-refractivity contribution is 0.102. The number of hydrogen-bond acceptors (Lipinski definition) is 4. The van der Waals surface area contributed by atoms with Gasteiger partial charge in [-0.05, 0) is 68.8 Å². The lowest BCUT2D eigenvalue weighted by atomic mass is 9.90. The molecule has 2 aliphatic rings. The monoisotopic (exact) mass is 361 g/mol. The van der Waals surface area contributed by atoms with Crippen LogP contribution in [-0.2, 0) is 12.8 Å². The molecule has 1 aromatic carbocycles. The van der Waals surface area contributed by atoms with Crippen LogP contribution in [0.1, 0.15) is 53.3 Å². The zero-order valence-electron chi connectivity index (χ0n) is 14.2. The van der Waals surface area contributed by atoms with Crippen LogP contribution in [0.5, 0.6) is 0 Å². The minimum absolute atomic E-state index is 0. The molecule has 6 nitrogen and oxygen atoms in total. The highest BCUT2D eigenvalue weighted by Gasteiger charge is 2.20. The molecule has 1 aliphatic carbocycles. The Labute approximate surface area is 153 Å². The van der Waals surface area contributed by atoms with Crippen LogP contribution in [0.3, 0.4) is 0 Å². The molecule has 1 amide bonds. The van der Waals surface area contributed by atoms with Crippen molar-refractivity contribution in [3.63, 3.8) is 0 Å². The lowest BCUT2D eigenvalue weighted by Crippen LogP contribution is -2.29. The lowest BCUT2D eigenvalue weighted by Gasteiger charge is -2.22. The van der Waals surface area contributed by atoms with Crippen molar-refractivity contribution in [1.82, 2.24) is 20.3 Å². The Morgan fingerprint density at radius 1 is 1.20 bits per heavy atom. The van der Waals surface area contributed by atoms with E-state index in [0.29, 0.717) is 11.7 Å². The number of aromatic nitrogens is 3. The Hall–Kier alpha value is -1.92. The number of rotatable bonds is 3. The van der Waals surface area contributed by atoms with Gasteiger partial charge in [-0.1, -0.05) is 17.3 Å². The molecule has 0 atom stereocenters. The topological polar surface area (TPSA) is 71.8 Å². The summed E-state index contributed by atoms with van der Waals surface area (Å²) in [6.45, 7) is 1.98. The smallest absolute Gasteiger partial charge is 0.277 e. The Morgan fingerprint density at radius 2 is 2.00 bits per heavy atom. The second kappa shape index (κ2) is 7.97. The Kier molecular flexibility index (Phi) is 5.71. The van der Waals surface area contributed by atoms with Gasteiger partial charge < -0.3 is 10.6 Å². The summed E-state index contributed by atoms with van der Waals surface area (Å²) in [6.07, 6.45) is 8.38. The molecule has 4 rings (SSSR count). The maximum atomic E-state index is 12.6. The molecule has 0 saturated carbocycles. The fraction of sp³-hybridized carbons (Fsp3) is 0.500. The van der Waals surface area contributed by atoms with Crippen molar-refractivity contribution in [3.8, 4) is 0 Å². The number of carbonyl (C=O) groups excluding carboxylic acids is 1. The van der Waals surface area contributed by atoms with Crippen molar-refractivity contribution in [2.75, 3.05) is 18.4 Å². The standard InChI is InChI=1S/C18H23N5O.ClH/c24-18(17-12-23(22-21-17)14-8-10-19-11-9-14)20-16-7-3-5-13-4-1-2-6-15(13)16;/h3,5,7,12,14,19H,1-2,4,6,8-11H2,(H,20,24);1H. The van der Waals surface area contributed by atoms with E-state index in [1.807, 2.05) is 16.8 Å². The molecular weight excluding hydrogens is 338 g/mol. The summed E-state index contributed by atoms with van der Waals surface area (Å²) >= 11 is 0. The molecular formula is C18H24ClN5O. The molecule has 2 aromatic rings. The maximum Gasteiger partial charge on any atom is 0.277 e. The van der Waals surface area contributed by atoms with Gasteiger partial charge in [-0.3, -0.25) is 4.79 Å². The summed E-state index contributed by atoms with van der Waals surface area (Å²) in [7, 11) is 0. The average Bonchev–Trinajstić information content (AvgIpc) is 3.13. The van der Waals surface area contributed by atoms with Crippen molar-refractivity contribution in [1.29, 1.82) is 0 Å². The maximum absolute atomic E-state index is 12.6. The van der Waals surface area contributed by atoms with Gasteiger partial charge in [0.15, 0.2) is 5.69 Å². The predicted molar refractivity (Wildman–Crippen MR) is 99.4 cm³/mol. The summed E-state index contributed by atoms with van der Waals surface area (Å²) < 4.78 is 1.84. The fourth-order valence-electron chi connectivity index (χ4n) is 3.72. The van der Waals surface area contributed by atoms with Crippen LogP contribution >= 0.6 is 12.4 Å². The molecule has 0 bridgehead atoms. The molecule has 0 unspecified atom stereocenters. The number of nitrogens with zero attached hydrogens (tertiary/aromatic N) is 3. The first kappa shape index (κ1) is 17.9. The summed E-state index contributed by atoms with van der Waals surface area (Å²) in [5, 5.41) is 14.6. The van der Waals surface area contributed by atoms with Crippen LogP contribution < -0.4 is 10.6 Å². The van der Waals surface area contributed by atoms with Crippen LogP contribution in [0, 0.1) is 0 Å². The summed E-state index contributed by atoms with van der Waals surface area (Å²) in [5.41, 5.74) is 3.95. The molecule has 7 heteroatoms. The molecule has 25 heavy (non-hydrogen) atoms. The number of benzene rings is 1. The number of carbonyl (C=O) groups is 1. The summed E-state index contributed by atoms with van der Waals surface area (Å²) in [5.74, 6) is -0.172. The van der Waals surface area contributed by atoms with Gasteiger partial charge in [-0.25, -0.2) is 4.68 Å². The SMILES string of the molecule is Cl.O=C(Nc1cccc2c1CCCC2)c1cn(C2CCNCC2)nn1. The fourth-order valence-corrected chi connectivity index (χ4v) is 3.72. The van der Waals surface area contributed by atoms with E-state index in [1.54, 1.807) is 6.20 Å². The van der Waals surface area contributed by atoms with Gasteiger partial charge in [0.05, 0.1) is 12.2 Å². The van der Waals surface area contributed by atoms with E-state index in [9.17, 15) is 4.79 Å². The molecule has 0 spiro atoms. The minimum Gasteiger partial charge on any atom is -0.320 e. The van der Waals surface area contributed by atoms with Gasteiger partial charge >= 0.3 is 0 Å². The van der Waals surface area contributed by atoms with E-state index in [0.717, 1.165) is 44.5 Å². The highest BCUT2D eigenvalue weighted by Crippen LogP contribution is 2.28. The number of anilines is 1. The summed E-state index contributed by atoms with van der Waals surface area (Å²) in [4.78, 5) is 12.6. The number of aryl methyl sites for hydroxylation is 1. The minimum atomic E-state index is -0.172. The van der Waals surface area contributed by atoms with Gasteiger partial charge in [0.2, 0.25) is 0 Å². The first-order valence-electron chi connectivity index (χ1n) is 8.86. The second-order valence-electron chi connectivity index (χ2n) is 6.67. The van der Waals surface area contributed by atoms with E-state index in [1.165, 1.54) is 24.0 Å². The van der Waals surface area contributed by atoms with Gasteiger partial charge in [0.1, 0.15) is 0 Å². The van der Waals surface area contributed by atoms with Crippen molar-refractivity contribution < 1.29 is 4.79 Å². The second-order valence-corrected chi connectivity index (χ2v) is 6.67. The molecule has 2 N–H and O–H groups in total. The Bertz CT molecular complexity index is 739. The molecule has 1 saturated heterocycles. The number of fused-ring (bicyclic) bond motifs is 1. The van der Waals surface area contributed by atoms with Crippen LogP contribution in [0.4, 0.5) is 5.69 Å². The third-order valence-corrected chi connectivity index (χ3v) is 5.07. The highest BCUT2D eigenvalue weighted by molar-refractivity contribution is 6.03. The van der Waals surface area contributed by atoms with Gasteiger partial charge in [-0.2, -0.15) is 0 Å². The van der Waals surface area contributed by atoms with E-state index in [-0.39, 0.29) is 18.3 Å². The van der Waals surface area contributed by atoms with E-state index in [4.69, 9.17) is 0 Å². The van der Waals surface area contributed by atoms with Crippen LogP contribution in [0.2, 0.25) is 0 Å². The largest absolute Gasteiger partial charge is 0.320 e. The molecule has 1 fully saturated rings. The number of piperidine rings is 1. The molecule has 1 aliphatic heterocycles. The third kappa shape index (κ3) is 3.85.